The number of ether oxygens (including phenoxy) is 2. The third kappa shape index (κ3) is 10.6. The maximum atomic E-state index is 12.9. The van der Waals surface area contributed by atoms with Gasteiger partial charge in [-0.3, -0.25) is 9.78 Å². The molecule has 3 unspecified atom stereocenters. The maximum absolute atomic E-state index is 12.9. The van der Waals surface area contributed by atoms with Crippen molar-refractivity contribution >= 4 is 29.3 Å². The highest BCUT2D eigenvalue weighted by atomic mass is 35.5. The van der Waals surface area contributed by atoms with Crippen LogP contribution in [0, 0.1) is 0 Å². The van der Waals surface area contributed by atoms with E-state index in [2.05, 4.69) is 17.1 Å². The van der Waals surface area contributed by atoms with Crippen LogP contribution in [0.5, 0.6) is 5.75 Å². The van der Waals surface area contributed by atoms with Crippen LogP contribution >= 0.6 is 23.4 Å². The molecule has 5 N–H and O–H groups in total. The second-order valence-corrected chi connectivity index (χ2v) is 14.7. The van der Waals surface area contributed by atoms with Crippen molar-refractivity contribution in [1.29, 1.82) is 0 Å². The van der Waals surface area contributed by atoms with E-state index in [1.807, 2.05) is 48.8 Å². The van der Waals surface area contributed by atoms with Crippen LogP contribution in [0.15, 0.2) is 65.8 Å². The molecule has 1 aromatic heterocycles. The Kier molecular flexibility index (Phi) is 14.4. The highest BCUT2D eigenvalue weighted by Gasteiger charge is 2.48. The summed E-state index contributed by atoms with van der Waals surface area (Å²) in [6.07, 6.45) is 5.70. The predicted octanol–water partition coefficient (Wildman–Crippen LogP) is 5.09. The molecule has 1 heterocycles. The first-order chi connectivity index (χ1) is 24.2. The standard InChI is InChI=1S/C38H49ClN2O8S/c39-32-12-11-28(50-20-6-4-18-41(17-3-5-19-42)36(46)22-33(44)37(47)34(45)24-43)21-26(32)25-48-38(14-15-38)31-23-40-16-13-29(31)30-7-1-2-8-35(30)49-27-9-10-27/h1-2,7-8,11-13,16,21,23,27,33-34,37,42-45,47H,3-6,9-10,14-15,17-20,22,24-25H2. The van der Waals surface area contributed by atoms with Crippen LogP contribution in [0.2, 0.25) is 5.02 Å². The quantitative estimate of drug-likeness (QED) is 0.0699. The van der Waals surface area contributed by atoms with E-state index in [-0.39, 0.29) is 18.9 Å². The molecule has 0 bridgehead atoms. The Balaban J connectivity index is 1.14. The van der Waals surface area contributed by atoms with Crippen molar-refractivity contribution in [3.8, 4) is 16.9 Å². The number of pyridine rings is 1. The molecule has 2 aliphatic rings. The van der Waals surface area contributed by atoms with Crippen molar-refractivity contribution < 1.29 is 39.8 Å². The van der Waals surface area contributed by atoms with Gasteiger partial charge in [0.1, 0.15) is 18.0 Å². The Bertz CT molecular complexity index is 1540. The summed E-state index contributed by atoms with van der Waals surface area (Å²) in [6, 6.07) is 16.2. The van der Waals surface area contributed by atoms with Gasteiger partial charge in [0.25, 0.3) is 0 Å². The minimum absolute atomic E-state index is 0.0204. The van der Waals surface area contributed by atoms with Gasteiger partial charge in [-0.05, 0) is 98.6 Å². The number of aliphatic hydroxyl groups excluding tert-OH is 5. The third-order valence-electron chi connectivity index (χ3n) is 9.17. The molecule has 0 aliphatic heterocycles. The zero-order chi connectivity index (χ0) is 35.5. The van der Waals surface area contributed by atoms with Gasteiger partial charge in [0.2, 0.25) is 5.91 Å². The molecule has 0 spiro atoms. The zero-order valence-corrected chi connectivity index (χ0v) is 29.9. The molecule has 0 saturated heterocycles. The number of amides is 1. The summed E-state index contributed by atoms with van der Waals surface area (Å²) >= 11 is 8.35. The second kappa shape index (κ2) is 18.7. The molecule has 5 rings (SSSR count). The SMILES string of the molecule is O=C(CC(O)C(O)C(O)CO)N(CCCCO)CCCCSc1ccc(Cl)c(COC2(c3cnccc3-c3ccccc3OC3CC3)CC2)c1. The minimum atomic E-state index is -1.62. The summed E-state index contributed by atoms with van der Waals surface area (Å²) in [6.45, 7) is 0.549. The fraction of sp³-hybridized carbons (Fsp3) is 0.526. The number of aliphatic hydroxyl groups is 5. The lowest BCUT2D eigenvalue weighted by Crippen LogP contribution is -2.43. The predicted molar refractivity (Wildman–Crippen MR) is 193 cm³/mol. The molecule has 2 aliphatic carbocycles. The number of carbonyl (C=O) groups excluding carboxylic acids is 1. The molecule has 12 heteroatoms. The van der Waals surface area contributed by atoms with E-state index < -0.39 is 30.5 Å². The van der Waals surface area contributed by atoms with E-state index in [1.165, 1.54) is 0 Å². The maximum Gasteiger partial charge on any atom is 0.225 e. The van der Waals surface area contributed by atoms with E-state index in [4.69, 9.17) is 26.2 Å². The first-order valence-corrected chi connectivity index (χ1v) is 18.9. The van der Waals surface area contributed by atoms with Gasteiger partial charge >= 0.3 is 0 Å². The van der Waals surface area contributed by atoms with Gasteiger partial charge in [0.05, 0.1) is 37.4 Å². The Morgan fingerprint density at radius 2 is 1.74 bits per heavy atom. The summed E-state index contributed by atoms with van der Waals surface area (Å²) in [5, 5.41) is 48.6. The van der Waals surface area contributed by atoms with E-state index in [9.17, 15) is 25.2 Å². The third-order valence-corrected chi connectivity index (χ3v) is 10.6. The lowest BCUT2D eigenvalue weighted by atomic mass is 9.96. The number of carbonyl (C=O) groups is 1. The molecule has 0 radical (unpaired) electrons. The molecule has 3 atom stereocenters. The Morgan fingerprint density at radius 3 is 2.46 bits per heavy atom. The van der Waals surface area contributed by atoms with Crippen LogP contribution < -0.4 is 4.74 Å². The van der Waals surface area contributed by atoms with Crippen molar-refractivity contribution in [1.82, 2.24) is 9.88 Å². The van der Waals surface area contributed by atoms with E-state index in [1.54, 1.807) is 16.7 Å². The Labute approximate surface area is 303 Å². The molecule has 1 amide bonds. The molecule has 272 valence electrons. The minimum Gasteiger partial charge on any atom is -0.490 e. The zero-order valence-electron chi connectivity index (χ0n) is 28.3. The van der Waals surface area contributed by atoms with Crippen LogP contribution in [0.4, 0.5) is 0 Å². The molecular weight excluding hydrogens is 680 g/mol. The molecule has 50 heavy (non-hydrogen) atoms. The van der Waals surface area contributed by atoms with Crippen LogP contribution in [-0.2, 0) is 21.7 Å². The molecule has 10 nitrogen and oxygen atoms in total. The fourth-order valence-electron chi connectivity index (χ4n) is 5.89. The summed E-state index contributed by atoms with van der Waals surface area (Å²) in [5.41, 5.74) is 3.67. The number of hydrogen-bond donors (Lipinski definition) is 5. The number of unbranched alkanes of at least 4 members (excludes halogenated alkanes) is 2. The number of benzene rings is 2. The van der Waals surface area contributed by atoms with Gasteiger partial charge in [-0.15, -0.1) is 11.8 Å². The van der Waals surface area contributed by atoms with Crippen molar-refractivity contribution in [3.05, 3.63) is 77.1 Å². The first kappa shape index (κ1) is 38.5. The van der Waals surface area contributed by atoms with Crippen molar-refractivity contribution in [3.63, 3.8) is 0 Å². The van der Waals surface area contributed by atoms with Crippen LogP contribution in [0.25, 0.3) is 11.1 Å². The van der Waals surface area contributed by atoms with Crippen LogP contribution in [-0.4, -0.2) is 97.8 Å². The van der Waals surface area contributed by atoms with Crippen molar-refractivity contribution in [2.45, 2.75) is 99.3 Å². The average molecular weight is 729 g/mol. The van der Waals surface area contributed by atoms with Crippen molar-refractivity contribution in [2.24, 2.45) is 0 Å². The number of aromatic nitrogens is 1. The lowest BCUT2D eigenvalue weighted by molar-refractivity contribution is -0.138. The molecular formula is C38H49ClN2O8S. The van der Waals surface area contributed by atoms with Gasteiger partial charge in [0, 0.05) is 53.1 Å². The summed E-state index contributed by atoms with van der Waals surface area (Å²) in [7, 11) is 0. The fourth-order valence-corrected chi connectivity index (χ4v) is 7.03. The molecule has 3 aromatic rings. The van der Waals surface area contributed by atoms with E-state index >= 15 is 0 Å². The number of hydrogen-bond acceptors (Lipinski definition) is 10. The number of nitrogens with zero attached hydrogens (tertiary/aromatic N) is 2. The summed E-state index contributed by atoms with van der Waals surface area (Å²) in [4.78, 5) is 20.1. The monoisotopic (exact) mass is 728 g/mol. The second-order valence-electron chi connectivity index (χ2n) is 13.1. The normalized spacial score (nSPS) is 16.8. The van der Waals surface area contributed by atoms with Gasteiger partial charge in [0.15, 0.2) is 0 Å². The lowest BCUT2D eigenvalue weighted by Gasteiger charge is -2.26. The summed E-state index contributed by atoms with van der Waals surface area (Å²) in [5.74, 6) is 1.36. The van der Waals surface area contributed by atoms with Gasteiger partial charge in [-0.25, -0.2) is 0 Å². The molecule has 2 aromatic carbocycles. The number of rotatable bonds is 22. The van der Waals surface area contributed by atoms with Gasteiger partial charge in [-0.2, -0.15) is 0 Å². The number of halogens is 1. The average Bonchev–Trinajstić information content (AvgIpc) is 4.08. The van der Waals surface area contributed by atoms with E-state index in [0.29, 0.717) is 43.7 Å². The molecule has 2 fully saturated rings. The number of thioether (sulfide) groups is 1. The largest absolute Gasteiger partial charge is 0.490 e. The Morgan fingerprint density at radius 1 is 0.980 bits per heavy atom. The van der Waals surface area contributed by atoms with Crippen LogP contribution in [0.1, 0.15) is 68.9 Å². The van der Waals surface area contributed by atoms with Gasteiger partial charge < -0.3 is 39.9 Å². The smallest absolute Gasteiger partial charge is 0.225 e. The first-order valence-electron chi connectivity index (χ1n) is 17.5. The van der Waals surface area contributed by atoms with Crippen molar-refractivity contribution in [2.75, 3.05) is 32.1 Å². The molecule has 2 saturated carbocycles. The highest BCUT2D eigenvalue weighted by Crippen LogP contribution is 2.53. The summed E-state index contributed by atoms with van der Waals surface area (Å²) < 4.78 is 12.9. The van der Waals surface area contributed by atoms with Crippen LogP contribution in [0.3, 0.4) is 0 Å². The Hall–Kier alpha value is -2.74. The van der Waals surface area contributed by atoms with E-state index in [0.717, 1.165) is 77.2 Å². The number of para-hydroxylation sites is 1. The highest BCUT2D eigenvalue weighted by molar-refractivity contribution is 7.99. The van der Waals surface area contributed by atoms with Gasteiger partial charge in [-0.1, -0.05) is 29.8 Å². The topological polar surface area (TPSA) is 153 Å².